The van der Waals surface area contributed by atoms with E-state index in [0.29, 0.717) is 23.6 Å². The predicted molar refractivity (Wildman–Crippen MR) is 101 cm³/mol. The fourth-order valence-corrected chi connectivity index (χ4v) is 4.38. The Balaban J connectivity index is 1.56. The van der Waals surface area contributed by atoms with Gasteiger partial charge in [0.15, 0.2) is 5.76 Å². The van der Waals surface area contributed by atoms with Crippen molar-refractivity contribution in [3.8, 4) is 0 Å². The zero-order valence-corrected chi connectivity index (χ0v) is 16.6. The van der Waals surface area contributed by atoms with Crippen LogP contribution >= 0.6 is 0 Å². The SMILES string of the molecule is Cc1noc(C(C)C)c1C(=O)N1CCC[C@H](c2nnc3n2CCCCC3)C1. The van der Waals surface area contributed by atoms with Crippen LogP contribution in [0.1, 0.15) is 91.2 Å². The monoisotopic (exact) mass is 371 g/mol. The Bertz CT molecular complexity index is 822. The van der Waals surface area contributed by atoms with Gasteiger partial charge in [0.1, 0.15) is 17.2 Å². The van der Waals surface area contributed by atoms with Gasteiger partial charge in [-0.25, -0.2) is 0 Å². The minimum Gasteiger partial charge on any atom is -0.360 e. The number of aromatic nitrogens is 4. The lowest BCUT2D eigenvalue weighted by atomic mass is 9.95. The number of carbonyl (C=O) groups is 1. The number of fused-ring (bicyclic) bond motifs is 1. The van der Waals surface area contributed by atoms with Gasteiger partial charge in [-0.3, -0.25) is 4.79 Å². The molecule has 0 saturated carbocycles. The smallest absolute Gasteiger partial charge is 0.259 e. The average molecular weight is 371 g/mol. The first-order valence-electron chi connectivity index (χ1n) is 10.2. The molecule has 4 heterocycles. The standard InChI is InChI=1S/C20H29N5O2/c1-13(2)18-17(14(3)23-27-18)20(26)24-10-7-8-15(12-24)19-22-21-16-9-5-4-6-11-25(16)19/h13,15H,4-12H2,1-3H3/t15-/m0/s1. The molecule has 7 nitrogen and oxygen atoms in total. The number of aryl methyl sites for hydroxylation is 2. The molecular weight excluding hydrogens is 342 g/mol. The fraction of sp³-hybridized carbons (Fsp3) is 0.700. The summed E-state index contributed by atoms with van der Waals surface area (Å²) in [7, 11) is 0. The van der Waals surface area contributed by atoms with Gasteiger partial charge in [0.05, 0.1) is 5.69 Å². The number of piperidine rings is 1. The Hall–Kier alpha value is -2.18. The molecule has 0 radical (unpaired) electrons. The zero-order valence-electron chi connectivity index (χ0n) is 16.6. The molecule has 1 atom stereocenters. The van der Waals surface area contributed by atoms with E-state index in [2.05, 4.69) is 19.9 Å². The topological polar surface area (TPSA) is 77.1 Å². The molecule has 1 saturated heterocycles. The molecular formula is C20H29N5O2. The second-order valence-electron chi connectivity index (χ2n) is 8.19. The van der Waals surface area contributed by atoms with E-state index in [0.717, 1.165) is 44.0 Å². The normalized spacial score (nSPS) is 20.6. The van der Waals surface area contributed by atoms with E-state index in [1.54, 1.807) is 0 Å². The number of hydrogen-bond donors (Lipinski definition) is 0. The van der Waals surface area contributed by atoms with Crippen molar-refractivity contribution in [1.82, 2.24) is 24.8 Å². The molecule has 1 fully saturated rings. The average Bonchev–Trinajstić information content (AvgIpc) is 3.17. The van der Waals surface area contributed by atoms with Crippen molar-refractivity contribution in [2.24, 2.45) is 0 Å². The lowest BCUT2D eigenvalue weighted by Crippen LogP contribution is -2.40. The maximum Gasteiger partial charge on any atom is 0.259 e. The van der Waals surface area contributed by atoms with E-state index in [1.165, 1.54) is 19.3 Å². The van der Waals surface area contributed by atoms with Crippen LogP contribution in [0, 0.1) is 6.92 Å². The van der Waals surface area contributed by atoms with Gasteiger partial charge < -0.3 is 14.0 Å². The van der Waals surface area contributed by atoms with Crippen molar-refractivity contribution in [2.75, 3.05) is 13.1 Å². The van der Waals surface area contributed by atoms with Crippen molar-refractivity contribution in [2.45, 2.75) is 77.7 Å². The fourth-order valence-electron chi connectivity index (χ4n) is 4.38. The Kier molecular flexibility index (Phi) is 5.02. The molecule has 0 aromatic carbocycles. The molecule has 2 aliphatic heterocycles. The second kappa shape index (κ2) is 7.44. The van der Waals surface area contributed by atoms with E-state index in [-0.39, 0.29) is 17.7 Å². The Labute approximate surface area is 160 Å². The summed E-state index contributed by atoms with van der Waals surface area (Å²) in [6.45, 7) is 8.38. The summed E-state index contributed by atoms with van der Waals surface area (Å²) in [5, 5.41) is 13.0. The van der Waals surface area contributed by atoms with Crippen molar-refractivity contribution in [3.63, 3.8) is 0 Å². The third-order valence-corrected chi connectivity index (χ3v) is 5.84. The first-order chi connectivity index (χ1) is 13.1. The highest BCUT2D eigenvalue weighted by molar-refractivity contribution is 5.96. The van der Waals surface area contributed by atoms with E-state index in [1.807, 2.05) is 25.7 Å². The molecule has 0 bridgehead atoms. The van der Waals surface area contributed by atoms with Gasteiger partial charge in [-0.1, -0.05) is 25.4 Å². The molecule has 4 rings (SSSR count). The van der Waals surface area contributed by atoms with Crippen LogP contribution in [0.15, 0.2) is 4.52 Å². The maximum absolute atomic E-state index is 13.2. The lowest BCUT2D eigenvalue weighted by Gasteiger charge is -2.32. The van der Waals surface area contributed by atoms with E-state index in [9.17, 15) is 4.79 Å². The molecule has 0 spiro atoms. The molecule has 7 heteroatoms. The highest BCUT2D eigenvalue weighted by Crippen LogP contribution is 2.30. The summed E-state index contributed by atoms with van der Waals surface area (Å²) in [5.74, 6) is 3.30. The van der Waals surface area contributed by atoms with Gasteiger partial charge in [0, 0.05) is 37.9 Å². The lowest BCUT2D eigenvalue weighted by molar-refractivity contribution is 0.0699. The summed E-state index contributed by atoms with van der Waals surface area (Å²) >= 11 is 0. The Morgan fingerprint density at radius 2 is 2.00 bits per heavy atom. The van der Waals surface area contributed by atoms with Crippen molar-refractivity contribution in [3.05, 3.63) is 28.7 Å². The molecule has 0 unspecified atom stereocenters. The molecule has 2 aliphatic rings. The van der Waals surface area contributed by atoms with Crippen LogP contribution < -0.4 is 0 Å². The van der Waals surface area contributed by atoms with Gasteiger partial charge >= 0.3 is 0 Å². The predicted octanol–water partition coefficient (Wildman–Crippen LogP) is 3.44. The second-order valence-corrected chi connectivity index (χ2v) is 8.19. The number of nitrogens with zero attached hydrogens (tertiary/aromatic N) is 5. The van der Waals surface area contributed by atoms with Crippen LogP contribution in [-0.4, -0.2) is 43.8 Å². The summed E-state index contributed by atoms with van der Waals surface area (Å²) in [6, 6.07) is 0. The number of likely N-dealkylation sites (tertiary alicyclic amines) is 1. The molecule has 0 aliphatic carbocycles. The molecule has 27 heavy (non-hydrogen) atoms. The number of hydrogen-bond acceptors (Lipinski definition) is 5. The third kappa shape index (κ3) is 3.39. The van der Waals surface area contributed by atoms with Crippen molar-refractivity contribution < 1.29 is 9.32 Å². The Morgan fingerprint density at radius 1 is 1.15 bits per heavy atom. The number of rotatable bonds is 3. The summed E-state index contributed by atoms with van der Waals surface area (Å²) in [4.78, 5) is 15.2. The van der Waals surface area contributed by atoms with Crippen LogP contribution in [0.2, 0.25) is 0 Å². The van der Waals surface area contributed by atoms with E-state index in [4.69, 9.17) is 4.52 Å². The van der Waals surface area contributed by atoms with Crippen LogP contribution in [0.5, 0.6) is 0 Å². The van der Waals surface area contributed by atoms with Crippen LogP contribution in [0.4, 0.5) is 0 Å². The summed E-state index contributed by atoms with van der Waals surface area (Å²) in [6.07, 6.45) is 6.69. The minimum absolute atomic E-state index is 0.0396. The van der Waals surface area contributed by atoms with Crippen LogP contribution in [0.3, 0.4) is 0 Å². The van der Waals surface area contributed by atoms with Gasteiger partial charge in [0.25, 0.3) is 5.91 Å². The first kappa shape index (κ1) is 18.2. The van der Waals surface area contributed by atoms with Crippen molar-refractivity contribution in [1.29, 1.82) is 0 Å². The first-order valence-corrected chi connectivity index (χ1v) is 10.2. The highest BCUT2D eigenvalue weighted by Gasteiger charge is 2.33. The Morgan fingerprint density at radius 3 is 2.81 bits per heavy atom. The van der Waals surface area contributed by atoms with Gasteiger partial charge in [-0.05, 0) is 32.6 Å². The molecule has 2 aromatic rings. The minimum atomic E-state index is 0.0396. The molecule has 2 aromatic heterocycles. The van der Waals surface area contributed by atoms with Crippen LogP contribution in [-0.2, 0) is 13.0 Å². The molecule has 1 amide bonds. The summed E-state index contributed by atoms with van der Waals surface area (Å²) < 4.78 is 7.75. The molecule has 0 N–H and O–H groups in total. The molecule has 146 valence electrons. The summed E-state index contributed by atoms with van der Waals surface area (Å²) in [5.41, 5.74) is 1.33. The largest absolute Gasteiger partial charge is 0.360 e. The van der Waals surface area contributed by atoms with Crippen LogP contribution in [0.25, 0.3) is 0 Å². The number of carbonyl (C=O) groups excluding carboxylic acids is 1. The van der Waals surface area contributed by atoms with Gasteiger partial charge in [0.2, 0.25) is 0 Å². The van der Waals surface area contributed by atoms with Gasteiger partial charge in [-0.15, -0.1) is 10.2 Å². The van der Waals surface area contributed by atoms with Gasteiger partial charge in [-0.2, -0.15) is 0 Å². The zero-order chi connectivity index (χ0) is 19.0. The highest BCUT2D eigenvalue weighted by atomic mass is 16.5. The van der Waals surface area contributed by atoms with E-state index >= 15 is 0 Å². The number of amides is 1. The quantitative estimate of drug-likeness (QED) is 0.826. The maximum atomic E-state index is 13.2. The van der Waals surface area contributed by atoms with E-state index < -0.39 is 0 Å². The van der Waals surface area contributed by atoms with Crippen molar-refractivity contribution >= 4 is 5.91 Å². The third-order valence-electron chi connectivity index (χ3n) is 5.84.